The summed E-state index contributed by atoms with van der Waals surface area (Å²) in [7, 11) is -1.89. The van der Waals surface area contributed by atoms with Crippen LogP contribution in [0.5, 0.6) is 5.75 Å². The second-order valence-electron chi connectivity index (χ2n) is 8.73. The topological polar surface area (TPSA) is 95.6 Å². The minimum atomic E-state index is -3.37. The van der Waals surface area contributed by atoms with Gasteiger partial charge in [-0.2, -0.15) is 0 Å². The third-order valence-corrected chi connectivity index (χ3v) is 7.44. The minimum Gasteiger partial charge on any atom is -0.491 e. The molecule has 0 unspecified atom stereocenters. The molecule has 180 valence electrons. The van der Waals surface area contributed by atoms with Gasteiger partial charge in [0.1, 0.15) is 18.2 Å². The average Bonchev–Trinajstić information content (AvgIpc) is 3.08. The number of carbonyl (C=O) groups excluding carboxylic acids is 1. The first-order chi connectivity index (χ1) is 16.7. The first-order valence-electron chi connectivity index (χ1n) is 11.2. The number of nitrogens with one attached hydrogen (secondary N) is 1. The van der Waals surface area contributed by atoms with E-state index in [1.807, 2.05) is 31.2 Å². The molecule has 2 heterocycles. The smallest absolute Gasteiger partial charge is 0.254 e. The maximum absolute atomic E-state index is 13.3. The van der Waals surface area contributed by atoms with Crippen molar-refractivity contribution in [1.29, 1.82) is 0 Å². The van der Waals surface area contributed by atoms with Gasteiger partial charge in [-0.05, 0) is 66.6 Å². The SMILES string of the molecule is Cc1nc2ccc(-c3ccc4c(c3)CN(C(=O)c3ccc(N(C)S(C)(=O)=O)cc3)CCO4)cc2[nH]1. The molecule has 0 saturated heterocycles. The number of nitrogens with zero attached hydrogens (tertiary/aromatic N) is 3. The molecule has 5 rings (SSSR count). The van der Waals surface area contributed by atoms with Crippen LogP contribution in [0, 0.1) is 6.92 Å². The molecule has 1 aromatic heterocycles. The Morgan fingerprint density at radius 3 is 2.51 bits per heavy atom. The molecule has 1 amide bonds. The molecule has 0 aliphatic carbocycles. The van der Waals surface area contributed by atoms with Gasteiger partial charge in [0.15, 0.2) is 0 Å². The minimum absolute atomic E-state index is 0.130. The number of benzene rings is 3. The van der Waals surface area contributed by atoms with Crippen LogP contribution in [-0.2, 0) is 16.6 Å². The molecular weight excluding hydrogens is 464 g/mol. The van der Waals surface area contributed by atoms with Crippen LogP contribution in [0.3, 0.4) is 0 Å². The van der Waals surface area contributed by atoms with Crippen molar-refractivity contribution in [1.82, 2.24) is 14.9 Å². The van der Waals surface area contributed by atoms with Gasteiger partial charge in [-0.25, -0.2) is 13.4 Å². The summed E-state index contributed by atoms with van der Waals surface area (Å²) < 4.78 is 30.7. The number of sulfonamides is 1. The quantitative estimate of drug-likeness (QED) is 0.467. The number of aryl methyl sites for hydroxylation is 1. The van der Waals surface area contributed by atoms with Gasteiger partial charge in [0, 0.05) is 24.7 Å². The Morgan fingerprint density at radius 1 is 1.06 bits per heavy atom. The molecule has 1 aliphatic rings. The van der Waals surface area contributed by atoms with Crippen molar-refractivity contribution in [3.63, 3.8) is 0 Å². The van der Waals surface area contributed by atoms with Crippen LogP contribution in [0.2, 0.25) is 0 Å². The Labute approximate surface area is 204 Å². The highest BCUT2D eigenvalue weighted by Gasteiger charge is 2.22. The van der Waals surface area contributed by atoms with Crippen molar-refractivity contribution in [2.75, 3.05) is 30.8 Å². The number of amides is 1. The second kappa shape index (κ2) is 8.74. The highest BCUT2D eigenvalue weighted by molar-refractivity contribution is 7.92. The van der Waals surface area contributed by atoms with E-state index in [1.165, 1.54) is 11.4 Å². The van der Waals surface area contributed by atoms with Crippen LogP contribution in [0.15, 0.2) is 60.7 Å². The zero-order valence-corrected chi connectivity index (χ0v) is 20.6. The molecule has 9 heteroatoms. The zero-order valence-electron chi connectivity index (χ0n) is 19.8. The first kappa shape index (κ1) is 22.9. The summed E-state index contributed by atoms with van der Waals surface area (Å²) in [6.07, 6.45) is 1.14. The van der Waals surface area contributed by atoms with Gasteiger partial charge in [0.2, 0.25) is 10.0 Å². The van der Waals surface area contributed by atoms with E-state index >= 15 is 0 Å². The fourth-order valence-electron chi connectivity index (χ4n) is 4.25. The summed E-state index contributed by atoms with van der Waals surface area (Å²) >= 11 is 0. The Bertz CT molecular complexity index is 1530. The maximum atomic E-state index is 13.3. The van der Waals surface area contributed by atoms with E-state index in [4.69, 9.17) is 4.74 Å². The van der Waals surface area contributed by atoms with Crippen LogP contribution in [-0.4, -0.2) is 55.6 Å². The number of hydrogen-bond acceptors (Lipinski definition) is 5. The molecule has 4 aromatic rings. The van der Waals surface area contributed by atoms with Crippen LogP contribution in [0.25, 0.3) is 22.2 Å². The Hall–Kier alpha value is -3.85. The number of anilines is 1. The van der Waals surface area contributed by atoms with E-state index in [2.05, 4.69) is 22.1 Å². The van der Waals surface area contributed by atoms with E-state index in [0.29, 0.717) is 30.9 Å². The zero-order chi connectivity index (χ0) is 24.7. The molecule has 35 heavy (non-hydrogen) atoms. The molecule has 0 radical (unpaired) electrons. The van der Waals surface area contributed by atoms with Crippen molar-refractivity contribution in [3.8, 4) is 16.9 Å². The number of hydrogen-bond donors (Lipinski definition) is 1. The molecule has 3 aromatic carbocycles. The standard InChI is InChI=1S/C26H26N4O4S/c1-17-27-23-10-6-20(15-24(23)28-17)19-7-11-25-21(14-19)16-30(12-13-34-25)26(31)18-4-8-22(9-5-18)29(2)35(3,32)33/h4-11,14-15H,12-13,16H2,1-3H3,(H,27,28). The maximum Gasteiger partial charge on any atom is 0.254 e. The third-order valence-electron chi connectivity index (χ3n) is 6.24. The van der Waals surface area contributed by atoms with Crippen molar-refractivity contribution < 1.29 is 17.9 Å². The lowest BCUT2D eigenvalue weighted by Gasteiger charge is -2.21. The van der Waals surface area contributed by atoms with Crippen molar-refractivity contribution >= 4 is 32.7 Å². The summed E-state index contributed by atoms with van der Waals surface area (Å²) in [5, 5.41) is 0. The summed E-state index contributed by atoms with van der Waals surface area (Å²) in [5.74, 6) is 1.51. The largest absolute Gasteiger partial charge is 0.491 e. The number of H-pyrrole nitrogens is 1. The normalized spacial score (nSPS) is 13.7. The first-order valence-corrected chi connectivity index (χ1v) is 13.1. The van der Waals surface area contributed by atoms with E-state index in [0.717, 1.165) is 45.6 Å². The number of aromatic amines is 1. The van der Waals surface area contributed by atoms with Crippen molar-refractivity contribution in [2.24, 2.45) is 0 Å². The highest BCUT2D eigenvalue weighted by atomic mass is 32.2. The third kappa shape index (κ3) is 4.59. The lowest BCUT2D eigenvalue weighted by molar-refractivity contribution is 0.0733. The molecule has 0 atom stereocenters. The number of aromatic nitrogens is 2. The summed E-state index contributed by atoms with van der Waals surface area (Å²) in [6.45, 7) is 3.19. The fraction of sp³-hybridized carbons (Fsp3) is 0.231. The van der Waals surface area contributed by atoms with Gasteiger partial charge >= 0.3 is 0 Å². The van der Waals surface area contributed by atoms with Crippen LogP contribution < -0.4 is 9.04 Å². The predicted molar refractivity (Wildman–Crippen MR) is 136 cm³/mol. The fourth-order valence-corrected chi connectivity index (χ4v) is 4.76. The van der Waals surface area contributed by atoms with Crippen LogP contribution >= 0.6 is 0 Å². The Kier molecular flexibility index (Phi) is 5.72. The van der Waals surface area contributed by atoms with E-state index in [-0.39, 0.29) is 5.91 Å². The van der Waals surface area contributed by atoms with Crippen molar-refractivity contribution in [3.05, 3.63) is 77.6 Å². The van der Waals surface area contributed by atoms with Crippen LogP contribution in [0.1, 0.15) is 21.7 Å². The number of fused-ring (bicyclic) bond motifs is 2. The lowest BCUT2D eigenvalue weighted by atomic mass is 10.0. The molecule has 1 aliphatic heterocycles. The van der Waals surface area contributed by atoms with Gasteiger partial charge in [0.05, 0.1) is 29.5 Å². The predicted octanol–water partition coefficient (Wildman–Crippen LogP) is 3.97. The number of ether oxygens (including phenoxy) is 1. The van der Waals surface area contributed by atoms with Gasteiger partial charge in [0.25, 0.3) is 5.91 Å². The Balaban J connectivity index is 1.40. The molecule has 0 spiro atoms. The van der Waals surface area contributed by atoms with Crippen LogP contribution in [0.4, 0.5) is 5.69 Å². The van der Waals surface area contributed by atoms with Gasteiger partial charge in [-0.15, -0.1) is 0 Å². The molecule has 8 nitrogen and oxygen atoms in total. The van der Waals surface area contributed by atoms with Crippen molar-refractivity contribution in [2.45, 2.75) is 13.5 Å². The van der Waals surface area contributed by atoms with Gasteiger partial charge in [-0.3, -0.25) is 9.10 Å². The summed E-state index contributed by atoms with van der Waals surface area (Å²) in [5.41, 5.74) is 5.92. The van der Waals surface area contributed by atoms with Gasteiger partial charge in [-0.1, -0.05) is 12.1 Å². The molecule has 0 bridgehead atoms. The Morgan fingerprint density at radius 2 is 1.77 bits per heavy atom. The molecular formula is C26H26N4O4S. The van der Waals surface area contributed by atoms with E-state index in [9.17, 15) is 13.2 Å². The molecule has 0 saturated carbocycles. The summed E-state index contributed by atoms with van der Waals surface area (Å²) in [6, 6.07) is 18.8. The molecule has 0 fully saturated rings. The monoisotopic (exact) mass is 490 g/mol. The lowest BCUT2D eigenvalue weighted by Crippen LogP contribution is -2.32. The number of imidazole rings is 1. The number of rotatable bonds is 4. The average molecular weight is 491 g/mol. The van der Waals surface area contributed by atoms with E-state index < -0.39 is 10.0 Å². The summed E-state index contributed by atoms with van der Waals surface area (Å²) in [4.78, 5) is 22.8. The van der Waals surface area contributed by atoms with Gasteiger partial charge < -0.3 is 14.6 Å². The number of carbonyl (C=O) groups is 1. The molecule has 1 N–H and O–H groups in total. The van der Waals surface area contributed by atoms with E-state index in [1.54, 1.807) is 29.2 Å². The second-order valence-corrected chi connectivity index (χ2v) is 10.7. The highest BCUT2D eigenvalue weighted by Crippen LogP contribution is 2.31.